The molecular formula is C20H20N2O. The van der Waals surface area contributed by atoms with Crippen LogP contribution in [0.5, 0.6) is 0 Å². The van der Waals surface area contributed by atoms with Crippen LogP contribution in [-0.2, 0) is 0 Å². The van der Waals surface area contributed by atoms with Gasteiger partial charge in [-0.3, -0.25) is 0 Å². The van der Waals surface area contributed by atoms with Gasteiger partial charge in [0.15, 0.2) is 0 Å². The number of urea groups is 1. The third-order valence-corrected chi connectivity index (χ3v) is 3.88. The van der Waals surface area contributed by atoms with E-state index in [2.05, 4.69) is 34.6 Å². The second kappa shape index (κ2) is 7.51. The van der Waals surface area contributed by atoms with Crippen molar-refractivity contribution in [2.75, 3.05) is 6.54 Å². The molecule has 1 aliphatic rings. The van der Waals surface area contributed by atoms with Gasteiger partial charge in [0.2, 0.25) is 0 Å². The van der Waals surface area contributed by atoms with E-state index in [1.54, 1.807) is 0 Å². The minimum atomic E-state index is -0.159. The van der Waals surface area contributed by atoms with Crippen LogP contribution in [0.25, 0.3) is 0 Å². The van der Waals surface area contributed by atoms with Gasteiger partial charge in [-0.1, -0.05) is 60.4 Å². The van der Waals surface area contributed by atoms with Crippen LogP contribution in [-0.4, -0.2) is 12.6 Å². The Bertz CT molecular complexity index is 697. The van der Waals surface area contributed by atoms with Crippen molar-refractivity contribution in [2.24, 2.45) is 5.92 Å². The summed E-state index contributed by atoms with van der Waals surface area (Å²) in [5.41, 5.74) is 2.12. The first kappa shape index (κ1) is 15.2. The zero-order chi connectivity index (χ0) is 15.9. The maximum Gasteiger partial charge on any atom is 0.316 e. The SMILES string of the molecule is O=C(NCC#Cc1ccccc1)NC(c1ccccc1)C1CC1. The highest BCUT2D eigenvalue weighted by atomic mass is 16.2. The molecule has 3 rings (SSSR count). The molecule has 2 aromatic carbocycles. The van der Waals surface area contributed by atoms with Gasteiger partial charge in [-0.05, 0) is 36.5 Å². The van der Waals surface area contributed by atoms with Crippen LogP contribution >= 0.6 is 0 Å². The van der Waals surface area contributed by atoms with E-state index in [1.165, 1.54) is 18.4 Å². The highest BCUT2D eigenvalue weighted by molar-refractivity contribution is 5.74. The average Bonchev–Trinajstić information content (AvgIpc) is 3.43. The number of carbonyl (C=O) groups is 1. The van der Waals surface area contributed by atoms with Crippen LogP contribution in [0.4, 0.5) is 4.79 Å². The van der Waals surface area contributed by atoms with Gasteiger partial charge in [-0.15, -0.1) is 0 Å². The molecule has 23 heavy (non-hydrogen) atoms. The monoisotopic (exact) mass is 304 g/mol. The smallest absolute Gasteiger partial charge is 0.316 e. The average molecular weight is 304 g/mol. The summed E-state index contributed by atoms with van der Waals surface area (Å²) in [5.74, 6) is 6.55. The summed E-state index contributed by atoms with van der Waals surface area (Å²) in [4.78, 5) is 12.1. The van der Waals surface area contributed by atoms with Crippen molar-refractivity contribution in [3.8, 4) is 11.8 Å². The van der Waals surface area contributed by atoms with Crippen molar-refractivity contribution in [2.45, 2.75) is 18.9 Å². The van der Waals surface area contributed by atoms with Crippen molar-refractivity contribution in [3.63, 3.8) is 0 Å². The molecule has 116 valence electrons. The van der Waals surface area contributed by atoms with Crippen LogP contribution < -0.4 is 10.6 Å². The number of rotatable bonds is 4. The molecule has 3 heteroatoms. The second-order valence-electron chi connectivity index (χ2n) is 5.72. The van der Waals surface area contributed by atoms with E-state index >= 15 is 0 Å². The predicted octanol–water partition coefficient (Wildman–Crippen LogP) is 3.49. The lowest BCUT2D eigenvalue weighted by Crippen LogP contribution is -2.38. The van der Waals surface area contributed by atoms with Crippen molar-refractivity contribution in [1.29, 1.82) is 0 Å². The fraction of sp³-hybridized carbons (Fsp3) is 0.250. The summed E-state index contributed by atoms with van der Waals surface area (Å²) in [7, 11) is 0. The molecule has 0 heterocycles. The molecule has 2 N–H and O–H groups in total. The molecule has 0 aliphatic heterocycles. The molecule has 3 nitrogen and oxygen atoms in total. The van der Waals surface area contributed by atoms with Gasteiger partial charge in [0, 0.05) is 5.56 Å². The lowest BCUT2D eigenvalue weighted by Gasteiger charge is -2.18. The molecule has 1 fully saturated rings. The number of benzene rings is 2. The Kier molecular flexibility index (Phi) is 4.95. The van der Waals surface area contributed by atoms with E-state index in [0.29, 0.717) is 12.5 Å². The molecule has 0 spiro atoms. The van der Waals surface area contributed by atoms with Gasteiger partial charge in [0.25, 0.3) is 0 Å². The highest BCUT2D eigenvalue weighted by Gasteiger charge is 2.33. The molecule has 1 unspecified atom stereocenters. The molecule has 0 bridgehead atoms. The van der Waals surface area contributed by atoms with Gasteiger partial charge in [0.05, 0.1) is 12.6 Å². The minimum Gasteiger partial charge on any atom is -0.331 e. The van der Waals surface area contributed by atoms with Gasteiger partial charge in [0.1, 0.15) is 0 Å². The van der Waals surface area contributed by atoms with Crippen molar-refractivity contribution in [3.05, 3.63) is 71.8 Å². The lowest BCUT2D eigenvalue weighted by atomic mass is 10.0. The third-order valence-electron chi connectivity index (χ3n) is 3.88. The Labute approximate surface area is 137 Å². The van der Waals surface area contributed by atoms with Gasteiger partial charge < -0.3 is 10.6 Å². The number of hydrogen-bond acceptors (Lipinski definition) is 1. The Morgan fingerprint density at radius 2 is 1.70 bits per heavy atom. The molecule has 1 aliphatic carbocycles. The maximum atomic E-state index is 12.1. The zero-order valence-corrected chi connectivity index (χ0v) is 13.0. The summed E-state index contributed by atoms with van der Waals surface area (Å²) in [6, 6.07) is 19.8. The Morgan fingerprint density at radius 1 is 1.04 bits per heavy atom. The van der Waals surface area contributed by atoms with Crippen LogP contribution in [0.15, 0.2) is 60.7 Å². The quantitative estimate of drug-likeness (QED) is 0.834. The van der Waals surface area contributed by atoms with Crippen LogP contribution in [0.1, 0.15) is 30.0 Å². The normalized spacial score (nSPS) is 14.3. The number of nitrogens with one attached hydrogen (secondary N) is 2. The third kappa shape index (κ3) is 4.62. The molecule has 0 radical (unpaired) electrons. The van der Waals surface area contributed by atoms with Crippen molar-refractivity contribution >= 4 is 6.03 Å². The number of hydrogen-bond donors (Lipinski definition) is 2. The van der Waals surface area contributed by atoms with Crippen LogP contribution in [0.3, 0.4) is 0 Å². The van der Waals surface area contributed by atoms with Crippen LogP contribution in [0, 0.1) is 17.8 Å². The van der Waals surface area contributed by atoms with Crippen LogP contribution in [0.2, 0.25) is 0 Å². The van der Waals surface area contributed by atoms with Gasteiger partial charge in [-0.2, -0.15) is 0 Å². The van der Waals surface area contributed by atoms with Gasteiger partial charge >= 0.3 is 6.03 Å². The lowest BCUT2D eigenvalue weighted by molar-refractivity contribution is 0.236. The first-order chi connectivity index (χ1) is 11.3. The number of amides is 2. The Hall–Kier alpha value is -2.73. The number of carbonyl (C=O) groups excluding carboxylic acids is 1. The topological polar surface area (TPSA) is 41.1 Å². The zero-order valence-electron chi connectivity index (χ0n) is 13.0. The molecule has 2 amide bonds. The fourth-order valence-corrected chi connectivity index (χ4v) is 2.55. The standard InChI is InChI=1S/C20H20N2O/c23-20(21-15-7-10-16-8-3-1-4-9-16)22-19(18-13-14-18)17-11-5-2-6-12-17/h1-6,8-9,11-12,18-19H,13-15H2,(H2,21,22,23). The first-order valence-corrected chi connectivity index (χ1v) is 7.96. The largest absolute Gasteiger partial charge is 0.331 e. The Morgan fingerprint density at radius 3 is 2.35 bits per heavy atom. The predicted molar refractivity (Wildman–Crippen MR) is 91.8 cm³/mol. The summed E-state index contributed by atoms with van der Waals surface area (Å²) >= 11 is 0. The van der Waals surface area contributed by atoms with Gasteiger partial charge in [-0.25, -0.2) is 4.79 Å². The summed E-state index contributed by atoms with van der Waals surface area (Å²) in [5, 5.41) is 5.89. The first-order valence-electron chi connectivity index (χ1n) is 7.96. The van der Waals surface area contributed by atoms with E-state index in [0.717, 1.165) is 5.56 Å². The molecule has 0 aromatic heterocycles. The molecular weight excluding hydrogens is 284 g/mol. The second-order valence-corrected chi connectivity index (χ2v) is 5.72. The maximum absolute atomic E-state index is 12.1. The Balaban J connectivity index is 1.51. The molecule has 1 saturated carbocycles. The van der Waals surface area contributed by atoms with E-state index in [9.17, 15) is 4.79 Å². The molecule has 2 aromatic rings. The van der Waals surface area contributed by atoms with E-state index in [4.69, 9.17) is 0 Å². The molecule has 0 saturated heterocycles. The highest BCUT2D eigenvalue weighted by Crippen LogP contribution is 2.40. The molecule has 1 atom stereocenters. The van der Waals surface area contributed by atoms with E-state index < -0.39 is 0 Å². The van der Waals surface area contributed by atoms with E-state index in [-0.39, 0.29) is 12.1 Å². The van der Waals surface area contributed by atoms with Crippen molar-refractivity contribution in [1.82, 2.24) is 10.6 Å². The van der Waals surface area contributed by atoms with E-state index in [1.807, 2.05) is 48.5 Å². The van der Waals surface area contributed by atoms with Crippen molar-refractivity contribution < 1.29 is 4.79 Å². The fourth-order valence-electron chi connectivity index (χ4n) is 2.55. The summed E-state index contributed by atoms with van der Waals surface area (Å²) in [6.45, 7) is 0.340. The minimum absolute atomic E-state index is 0.0956. The summed E-state index contributed by atoms with van der Waals surface area (Å²) < 4.78 is 0. The summed E-state index contributed by atoms with van der Waals surface area (Å²) in [6.07, 6.45) is 2.35.